The molecule has 1 fully saturated rings. The van der Waals surface area contributed by atoms with Gasteiger partial charge in [-0.3, -0.25) is 0 Å². The van der Waals surface area contributed by atoms with Gasteiger partial charge < -0.3 is 19.7 Å². The highest BCUT2D eigenvalue weighted by molar-refractivity contribution is 7.17. The molecule has 1 aliphatic rings. The first-order valence-electron chi connectivity index (χ1n) is 7.58. The number of anilines is 1. The van der Waals surface area contributed by atoms with Gasteiger partial charge in [0.2, 0.25) is 0 Å². The van der Waals surface area contributed by atoms with Crippen LogP contribution in [0.3, 0.4) is 0 Å². The molecule has 2 rings (SSSR count). The topological polar surface area (TPSA) is 80.8 Å². The lowest BCUT2D eigenvalue weighted by atomic mass is 10.1. The number of carbonyl (C=O) groups excluding carboxylic acids is 2. The van der Waals surface area contributed by atoms with E-state index in [2.05, 4.69) is 10.3 Å². The number of hydrogen-bond donors (Lipinski definition) is 1. The molecule has 0 aliphatic carbocycles. The number of amides is 1. The SMILES string of the molecule is CCOC(=O)c1sc(N2CC(NC(=O)OC(C)(C)C)C2)nc1C. The Morgan fingerprint density at radius 2 is 2.04 bits per heavy atom. The number of aryl methyl sites for hydroxylation is 1. The molecule has 7 nitrogen and oxygen atoms in total. The van der Waals surface area contributed by atoms with Crippen molar-refractivity contribution in [1.29, 1.82) is 0 Å². The summed E-state index contributed by atoms with van der Waals surface area (Å²) in [6, 6.07) is 0.0279. The molecular formula is C15H23N3O4S. The number of nitrogens with zero attached hydrogens (tertiary/aromatic N) is 2. The van der Waals surface area contributed by atoms with E-state index >= 15 is 0 Å². The third-order valence-electron chi connectivity index (χ3n) is 3.12. The highest BCUT2D eigenvalue weighted by atomic mass is 32.1. The summed E-state index contributed by atoms with van der Waals surface area (Å²) in [5.74, 6) is -0.335. The maximum absolute atomic E-state index is 11.8. The number of thiazole rings is 1. The number of rotatable bonds is 4. The molecule has 1 amide bonds. The van der Waals surface area contributed by atoms with Gasteiger partial charge in [0, 0.05) is 13.1 Å². The zero-order valence-electron chi connectivity index (χ0n) is 14.1. The quantitative estimate of drug-likeness (QED) is 0.847. The Kier molecular flexibility index (Phi) is 5.13. The Balaban J connectivity index is 1.87. The molecule has 0 saturated carbocycles. The lowest BCUT2D eigenvalue weighted by Crippen LogP contribution is -2.60. The number of esters is 1. The Hall–Kier alpha value is -1.83. The lowest BCUT2D eigenvalue weighted by Gasteiger charge is -2.39. The molecule has 0 radical (unpaired) electrons. The van der Waals surface area contributed by atoms with Crippen molar-refractivity contribution in [1.82, 2.24) is 10.3 Å². The summed E-state index contributed by atoms with van der Waals surface area (Å²) in [5, 5.41) is 3.59. The molecule has 0 unspecified atom stereocenters. The normalized spacial score (nSPS) is 15.1. The monoisotopic (exact) mass is 341 g/mol. The van der Waals surface area contributed by atoms with Gasteiger partial charge in [-0.2, -0.15) is 0 Å². The third kappa shape index (κ3) is 4.57. The fraction of sp³-hybridized carbons (Fsp3) is 0.667. The van der Waals surface area contributed by atoms with E-state index in [1.165, 1.54) is 11.3 Å². The molecule has 0 bridgehead atoms. The van der Waals surface area contributed by atoms with Crippen molar-refractivity contribution in [2.75, 3.05) is 24.6 Å². The van der Waals surface area contributed by atoms with Crippen molar-refractivity contribution < 1.29 is 19.1 Å². The van der Waals surface area contributed by atoms with Crippen LogP contribution in [0, 0.1) is 6.92 Å². The van der Waals surface area contributed by atoms with Crippen LogP contribution in [0.5, 0.6) is 0 Å². The standard InChI is InChI=1S/C15H23N3O4S/c1-6-21-12(19)11-9(2)16-13(23-11)18-7-10(8-18)17-14(20)22-15(3,4)5/h10H,6-8H2,1-5H3,(H,17,20). The first-order chi connectivity index (χ1) is 10.7. The fourth-order valence-electron chi connectivity index (χ4n) is 2.10. The highest BCUT2D eigenvalue weighted by Crippen LogP contribution is 2.29. The second-order valence-electron chi connectivity index (χ2n) is 6.38. The summed E-state index contributed by atoms with van der Waals surface area (Å²) >= 11 is 1.32. The number of hydrogen-bond acceptors (Lipinski definition) is 7. The number of ether oxygens (including phenoxy) is 2. The third-order valence-corrected chi connectivity index (χ3v) is 4.32. The minimum Gasteiger partial charge on any atom is -0.462 e. The van der Waals surface area contributed by atoms with Crippen LogP contribution < -0.4 is 10.2 Å². The van der Waals surface area contributed by atoms with Crippen LogP contribution in [0.15, 0.2) is 0 Å². The van der Waals surface area contributed by atoms with Gasteiger partial charge in [-0.05, 0) is 34.6 Å². The van der Waals surface area contributed by atoms with E-state index in [0.29, 0.717) is 30.3 Å². The van der Waals surface area contributed by atoms with Crippen molar-refractivity contribution in [3.05, 3.63) is 10.6 Å². The summed E-state index contributed by atoms with van der Waals surface area (Å²) < 4.78 is 10.2. The Labute approximate surface area is 140 Å². The number of nitrogens with one attached hydrogen (secondary N) is 1. The predicted molar refractivity (Wildman–Crippen MR) is 88.2 cm³/mol. The molecule has 0 atom stereocenters. The van der Waals surface area contributed by atoms with Crippen LogP contribution >= 0.6 is 11.3 Å². The zero-order chi connectivity index (χ0) is 17.2. The zero-order valence-corrected chi connectivity index (χ0v) is 15.0. The molecule has 1 aromatic heterocycles. The van der Waals surface area contributed by atoms with E-state index in [1.807, 2.05) is 25.7 Å². The summed E-state index contributed by atoms with van der Waals surface area (Å²) in [6.45, 7) is 10.7. The largest absolute Gasteiger partial charge is 0.462 e. The van der Waals surface area contributed by atoms with E-state index in [0.717, 1.165) is 5.13 Å². The average molecular weight is 341 g/mol. The van der Waals surface area contributed by atoms with E-state index in [4.69, 9.17) is 9.47 Å². The van der Waals surface area contributed by atoms with Crippen LogP contribution in [-0.2, 0) is 9.47 Å². The summed E-state index contributed by atoms with van der Waals surface area (Å²) in [7, 11) is 0. The van der Waals surface area contributed by atoms with Crippen molar-refractivity contribution in [2.24, 2.45) is 0 Å². The van der Waals surface area contributed by atoms with E-state index < -0.39 is 11.7 Å². The molecule has 0 spiro atoms. The smallest absolute Gasteiger partial charge is 0.407 e. The predicted octanol–water partition coefficient (Wildman–Crippen LogP) is 2.34. The van der Waals surface area contributed by atoms with Gasteiger partial charge in [-0.15, -0.1) is 0 Å². The summed E-state index contributed by atoms with van der Waals surface area (Å²) in [6.07, 6.45) is -0.412. The van der Waals surface area contributed by atoms with Gasteiger partial charge in [0.15, 0.2) is 5.13 Å². The van der Waals surface area contributed by atoms with Gasteiger partial charge >= 0.3 is 12.1 Å². The molecular weight excluding hydrogens is 318 g/mol. The second-order valence-corrected chi connectivity index (χ2v) is 7.36. The van der Waals surface area contributed by atoms with Crippen LogP contribution in [0.2, 0.25) is 0 Å². The second kappa shape index (κ2) is 6.74. The first kappa shape index (κ1) is 17.5. The van der Waals surface area contributed by atoms with Gasteiger partial charge in [-0.1, -0.05) is 11.3 Å². The minimum absolute atomic E-state index is 0.0279. The fourth-order valence-corrected chi connectivity index (χ4v) is 3.08. The highest BCUT2D eigenvalue weighted by Gasteiger charge is 2.32. The molecule has 8 heteroatoms. The number of alkyl carbamates (subject to hydrolysis) is 1. The Bertz CT molecular complexity index is 588. The molecule has 1 saturated heterocycles. The van der Waals surface area contributed by atoms with Crippen LogP contribution in [0.4, 0.5) is 9.93 Å². The van der Waals surface area contributed by atoms with E-state index in [9.17, 15) is 9.59 Å². The molecule has 0 aromatic carbocycles. The van der Waals surface area contributed by atoms with Crippen molar-refractivity contribution in [2.45, 2.75) is 46.3 Å². The summed E-state index contributed by atoms with van der Waals surface area (Å²) in [5.41, 5.74) is 0.168. The average Bonchev–Trinajstić information content (AvgIpc) is 2.73. The Morgan fingerprint density at radius 1 is 1.39 bits per heavy atom. The van der Waals surface area contributed by atoms with Gasteiger partial charge in [0.1, 0.15) is 10.5 Å². The van der Waals surface area contributed by atoms with Crippen LogP contribution in [-0.4, -0.2) is 48.4 Å². The Morgan fingerprint density at radius 3 is 2.61 bits per heavy atom. The maximum atomic E-state index is 11.8. The molecule has 128 valence electrons. The van der Waals surface area contributed by atoms with Gasteiger partial charge in [0.25, 0.3) is 0 Å². The maximum Gasteiger partial charge on any atom is 0.407 e. The molecule has 1 N–H and O–H groups in total. The minimum atomic E-state index is -0.505. The van der Waals surface area contributed by atoms with Crippen LogP contribution in [0.1, 0.15) is 43.1 Å². The molecule has 1 aliphatic heterocycles. The van der Waals surface area contributed by atoms with E-state index in [1.54, 1.807) is 13.8 Å². The lowest BCUT2D eigenvalue weighted by molar-refractivity contribution is 0.0493. The van der Waals surface area contributed by atoms with Crippen LogP contribution in [0.25, 0.3) is 0 Å². The molecule has 2 heterocycles. The van der Waals surface area contributed by atoms with Crippen molar-refractivity contribution in [3.63, 3.8) is 0 Å². The van der Waals surface area contributed by atoms with Crippen molar-refractivity contribution in [3.8, 4) is 0 Å². The molecule has 23 heavy (non-hydrogen) atoms. The van der Waals surface area contributed by atoms with Gasteiger partial charge in [-0.25, -0.2) is 14.6 Å². The van der Waals surface area contributed by atoms with Crippen molar-refractivity contribution >= 4 is 28.5 Å². The summed E-state index contributed by atoms with van der Waals surface area (Å²) in [4.78, 5) is 30.5. The first-order valence-corrected chi connectivity index (χ1v) is 8.40. The molecule has 1 aromatic rings. The number of aromatic nitrogens is 1. The van der Waals surface area contributed by atoms with Gasteiger partial charge in [0.05, 0.1) is 18.3 Å². The van der Waals surface area contributed by atoms with E-state index in [-0.39, 0.29) is 12.0 Å². The number of carbonyl (C=O) groups is 2.